The van der Waals surface area contributed by atoms with Gasteiger partial charge in [0, 0.05) is 34.1 Å². The van der Waals surface area contributed by atoms with Crippen molar-refractivity contribution in [2.75, 3.05) is 0 Å². The van der Waals surface area contributed by atoms with E-state index in [0.717, 1.165) is 23.1 Å². The van der Waals surface area contributed by atoms with Crippen molar-refractivity contribution in [3.63, 3.8) is 0 Å². The third-order valence-corrected chi connectivity index (χ3v) is 4.23. The van der Waals surface area contributed by atoms with E-state index < -0.39 is 0 Å². The maximum atomic E-state index is 10.2. The van der Waals surface area contributed by atoms with Crippen LogP contribution in [-0.4, -0.2) is 10.1 Å². The number of H-pyrrole nitrogens is 1. The molecule has 0 saturated carbocycles. The molecular formula is C17H15NO. The number of nitrogens with one attached hydrogen (secondary N) is 1. The molecule has 1 aromatic heterocycles. The van der Waals surface area contributed by atoms with Crippen molar-refractivity contribution in [3.05, 3.63) is 52.7 Å². The molecule has 2 heteroatoms. The lowest BCUT2D eigenvalue weighted by Crippen LogP contribution is -1.85. The van der Waals surface area contributed by atoms with Crippen molar-refractivity contribution in [3.8, 4) is 16.9 Å². The number of aromatic amines is 1. The molecule has 0 unspecified atom stereocenters. The molecule has 4 rings (SSSR count). The first-order chi connectivity index (χ1) is 9.16. The Morgan fingerprint density at radius 3 is 2.79 bits per heavy atom. The van der Waals surface area contributed by atoms with E-state index in [1.165, 1.54) is 27.8 Å². The Bertz CT molecular complexity index is 827. The molecule has 2 N–H and O–H groups in total. The molecule has 0 saturated heterocycles. The summed E-state index contributed by atoms with van der Waals surface area (Å²) in [7, 11) is 0. The predicted molar refractivity (Wildman–Crippen MR) is 77.7 cm³/mol. The third kappa shape index (κ3) is 1.26. The number of aromatic nitrogens is 1. The van der Waals surface area contributed by atoms with Gasteiger partial charge >= 0.3 is 0 Å². The molecule has 0 atom stereocenters. The second kappa shape index (κ2) is 3.41. The molecule has 0 radical (unpaired) electrons. The summed E-state index contributed by atoms with van der Waals surface area (Å²) < 4.78 is 0. The van der Waals surface area contributed by atoms with Crippen molar-refractivity contribution in [2.45, 2.75) is 20.3 Å². The summed E-state index contributed by atoms with van der Waals surface area (Å²) in [6, 6.07) is 10.6. The molecule has 1 aliphatic carbocycles. The van der Waals surface area contributed by atoms with Crippen LogP contribution in [0.25, 0.3) is 22.0 Å². The molecular weight excluding hydrogens is 234 g/mol. The van der Waals surface area contributed by atoms with Gasteiger partial charge in [0.05, 0.1) is 0 Å². The van der Waals surface area contributed by atoms with E-state index in [0.29, 0.717) is 5.75 Å². The molecule has 94 valence electrons. The largest absolute Gasteiger partial charge is 0.507 e. The lowest BCUT2D eigenvalue weighted by Gasteiger charge is -2.07. The van der Waals surface area contributed by atoms with Crippen LogP contribution in [0.15, 0.2) is 30.3 Å². The quantitative estimate of drug-likeness (QED) is 0.484. The summed E-state index contributed by atoms with van der Waals surface area (Å²) in [6.45, 7) is 3.95. The molecule has 0 aliphatic heterocycles. The Hall–Kier alpha value is -2.22. The molecule has 3 aromatic rings. The van der Waals surface area contributed by atoms with E-state index in [1.807, 2.05) is 19.9 Å². The van der Waals surface area contributed by atoms with Crippen molar-refractivity contribution in [1.29, 1.82) is 0 Å². The molecule has 1 aliphatic rings. The molecule has 2 nitrogen and oxygen atoms in total. The third-order valence-electron chi connectivity index (χ3n) is 4.23. The Morgan fingerprint density at radius 1 is 1.16 bits per heavy atom. The van der Waals surface area contributed by atoms with E-state index in [2.05, 4.69) is 29.2 Å². The van der Waals surface area contributed by atoms with E-state index >= 15 is 0 Å². The minimum atomic E-state index is 0.415. The molecule has 2 aromatic carbocycles. The van der Waals surface area contributed by atoms with Crippen LogP contribution >= 0.6 is 0 Å². The monoisotopic (exact) mass is 249 g/mol. The van der Waals surface area contributed by atoms with Gasteiger partial charge in [-0.25, -0.2) is 0 Å². The van der Waals surface area contributed by atoms with Crippen LogP contribution in [0.5, 0.6) is 5.75 Å². The van der Waals surface area contributed by atoms with Gasteiger partial charge in [-0.3, -0.25) is 0 Å². The smallest absolute Gasteiger partial charge is 0.122 e. The fourth-order valence-corrected chi connectivity index (χ4v) is 3.31. The lowest BCUT2D eigenvalue weighted by molar-refractivity contribution is 0.468. The van der Waals surface area contributed by atoms with Crippen LogP contribution in [0.2, 0.25) is 0 Å². The number of hydrogen-bond donors (Lipinski definition) is 2. The van der Waals surface area contributed by atoms with E-state index in [4.69, 9.17) is 0 Å². The topological polar surface area (TPSA) is 36.0 Å². The van der Waals surface area contributed by atoms with E-state index in [1.54, 1.807) is 0 Å². The summed E-state index contributed by atoms with van der Waals surface area (Å²) in [5, 5.41) is 11.4. The van der Waals surface area contributed by atoms with Gasteiger partial charge < -0.3 is 10.1 Å². The fourth-order valence-electron chi connectivity index (χ4n) is 3.31. The highest BCUT2D eigenvalue weighted by atomic mass is 16.3. The minimum absolute atomic E-state index is 0.415. The summed E-state index contributed by atoms with van der Waals surface area (Å²) in [4.78, 5) is 3.52. The van der Waals surface area contributed by atoms with Gasteiger partial charge in [0.25, 0.3) is 0 Å². The Morgan fingerprint density at radius 2 is 1.95 bits per heavy atom. The van der Waals surface area contributed by atoms with E-state index in [9.17, 15) is 5.11 Å². The standard InChI is InChI=1S/C17H15NO/c1-9-7-13-15(10(2)17(9)19)16-12-6-4-3-5-11(12)8-14(16)18-13/h3-7,18-19H,8H2,1-2H3. The fraction of sp³-hybridized carbons (Fsp3) is 0.176. The minimum Gasteiger partial charge on any atom is -0.507 e. The van der Waals surface area contributed by atoms with Gasteiger partial charge in [0.1, 0.15) is 5.75 Å². The predicted octanol–water partition coefficient (Wildman–Crippen LogP) is 4.06. The second-order valence-corrected chi connectivity index (χ2v) is 5.40. The van der Waals surface area contributed by atoms with Gasteiger partial charge in [0.15, 0.2) is 0 Å². The highest BCUT2D eigenvalue weighted by Gasteiger charge is 2.24. The maximum Gasteiger partial charge on any atom is 0.122 e. The number of phenols is 1. The van der Waals surface area contributed by atoms with Crippen LogP contribution in [-0.2, 0) is 6.42 Å². The number of aromatic hydroxyl groups is 1. The zero-order chi connectivity index (χ0) is 13.1. The maximum absolute atomic E-state index is 10.2. The number of aryl methyl sites for hydroxylation is 2. The van der Waals surface area contributed by atoms with Gasteiger partial charge in [-0.15, -0.1) is 0 Å². The first-order valence-corrected chi connectivity index (χ1v) is 6.59. The van der Waals surface area contributed by atoms with Gasteiger partial charge in [-0.05, 0) is 36.6 Å². The van der Waals surface area contributed by atoms with Gasteiger partial charge in [0.2, 0.25) is 0 Å². The molecule has 0 fully saturated rings. The highest BCUT2D eigenvalue weighted by Crippen LogP contribution is 2.44. The second-order valence-electron chi connectivity index (χ2n) is 5.40. The summed E-state index contributed by atoms with van der Waals surface area (Å²) in [5.41, 5.74) is 8.25. The molecule has 1 heterocycles. The van der Waals surface area contributed by atoms with Crippen LogP contribution < -0.4 is 0 Å². The number of fused-ring (bicyclic) bond motifs is 5. The molecule has 0 bridgehead atoms. The number of hydrogen-bond acceptors (Lipinski definition) is 1. The van der Waals surface area contributed by atoms with Crippen molar-refractivity contribution >= 4 is 10.9 Å². The number of phenolic OH excluding ortho intramolecular Hbond substituents is 1. The van der Waals surface area contributed by atoms with Crippen LogP contribution in [0.4, 0.5) is 0 Å². The highest BCUT2D eigenvalue weighted by molar-refractivity contribution is 6.03. The van der Waals surface area contributed by atoms with Crippen molar-refractivity contribution in [1.82, 2.24) is 4.98 Å². The number of rotatable bonds is 0. The zero-order valence-electron chi connectivity index (χ0n) is 11.0. The first kappa shape index (κ1) is 10.7. The summed E-state index contributed by atoms with van der Waals surface area (Å²) >= 11 is 0. The normalized spacial score (nSPS) is 12.7. The Balaban J connectivity index is 2.17. The van der Waals surface area contributed by atoms with Gasteiger partial charge in [-0.1, -0.05) is 24.3 Å². The van der Waals surface area contributed by atoms with Crippen LogP contribution in [0.1, 0.15) is 22.4 Å². The van der Waals surface area contributed by atoms with Gasteiger partial charge in [-0.2, -0.15) is 0 Å². The summed E-state index contributed by atoms with van der Waals surface area (Å²) in [5.74, 6) is 0.415. The lowest BCUT2D eigenvalue weighted by atomic mass is 9.99. The summed E-state index contributed by atoms with van der Waals surface area (Å²) in [6.07, 6.45) is 0.958. The first-order valence-electron chi connectivity index (χ1n) is 6.59. The zero-order valence-corrected chi connectivity index (χ0v) is 11.0. The molecule has 0 amide bonds. The molecule has 19 heavy (non-hydrogen) atoms. The SMILES string of the molecule is Cc1cc2[nH]c3c(c2c(C)c1O)-c1ccccc1C3. The number of benzene rings is 2. The van der Waals surface area contributed by atoms with Crippen LogP contribution in [0, 0.1) is 13.8 Å². The van der Waals surface area contributed by atoms with Crippen molar-refractivity contribution < 1.29 is 5.11 Å². The average molecular weight is 249 g/mol. The van der Waals surface area contributed by atoms with Crippen LogP contribution in [0.3, 0.4) is 0 Å². The average Bonchev–Trinajstić information content (AvgIpc) is 2.91. The van der Waals surface area contributed by atoms with Crippen molar-refractivity contribution in [2.24, 2.45) is 0 Å². The Kier molecular flexibility index (Phi) is 1.92. The molecule has 0 spiro atoms. The Labute approximate surface area is 111 Å². The van der Waals surface area contributed by atoms with E-state index in [-0.39, 0.29) is 0 Å².